The summed E-state index contributed by atoms with van der Waals surface area (Å²) in [4.78, 5) is 0. The molecule has 0 N–H and O–H groups in total. The SMILES string of the molecule is [Ag+].[O]=[Cr](=[O])([O-])[O-].[O]=[Cr](=[O])([O-])[O-].[O]=[Cr](=[O])([O-])[O-].[V]. The predicted octanol–water partition coefficient (Wildman–Crippen LogP) is -7.86. The van der Waals surface area contributed by atoms with Gasteiger partial charge in [-0.15, -0.1) is 0 Å². The maximum atomic E-state index is 8.59. The zero-order valence-corrected chi connectivity index (χ0v) is 13.6. The van der Waals surface area contributed by atoms with E-state index in [2.05, 4.69) is 0 Å². The Balaban J connectivity index is -0.0000000400. The van der Waals surface area contributed by atoms with Crippen LogP contribution in [0, 0.1) is 0 Å². The maximum absolute atomic E-state index is 8.59. The van der Waals surface area contributed by atoms with Crippen molar-refractivity contribution in [2.45, 2.75) is 0 Å². The summed E-state index contributed by atoms with van der Waals surface area (Å²) in [6.07, 6.45) is 0. The molecule has 0 unspecified atom stereocenters. The molecule has 0 aliphatic heterocycles. The molecule has 0 atom stereocenters. The molecule has 0 saturated heterocycles. The van der Waals surface area contributed by atoms with Crippen LogP contribution in [0.25, 0.3) is 0 Å². The van der Waals surface area contributed by atoms with Crippen LogP contribution >= 0.6 is 0 Å². The predicted molar refractivity (Wildman–Crippen MR) is 4.12 cm³/mol. The first-order valence-electron chi connectivity index (χ1n) is 2.00. The van der Waals surface area contributed by atoms with Gasteiger partial charge in [-0.2, -0.15) is 0 Å². The van der Waals surface area contributed by atoms with E-state index < -0.39 is 40.8 Å². The van der Waals surface area contributed by atoms with Crippen molar-refractivity contribution in [3.63, 3.8) is 0 Å². The van der Waals surface area contributed by atoms with Crippen molar-refractivity contribution in [3.05, 3.63) is 0 Å². The van der Waals surface area contributed by atoms with Gasteiger partial charge < -0.3 is 0 Å². The molecule has 0 bridgehead atoms. The first-order chi connectivity index (χ1) is 6.00. The quantitative estimate of drug-likeness (QED) is 0.278. The average molecular weight is 507 g/mol. The van der Waals surface area contributed by atoms with Crippen molar-refractivity contribution in [2.24, 2.45) is 0 Å². The molecular weight excluding hydrogens is 507 g/mol. The molecule has 17 heteroatoms. The molecule has 0 aliphatic rings. The Morgan fingerprint density at radius 2 is 0.471 bits per heavy atom. The minimum absolute atomic E-state index is 0. The van der Waals surface area contributed by atoms with Gasteiger partial charge in [-0.05, 0) is 0 Å². The van der Waals surface area contributed by atoms with E-state index in [9.17, 15) is 0 Å². The third-order valence-electron chi connectivity index (χ3n) is 0. The smallest absolute Gasteiger partial charge is 0 e. The maximum Gasteiger partial charge on any atom is 0 e. The monoisotopic (exact) mass is 506 g/mol. The van der Waals surface area contributed by atoms with Gasteiger partial charge in [-0.25, -0.2) is 0 Å². The van der Waals surface area contributed by atoms with Gasteiger partial charge in [0.25, 0.3) is 0 Å². The molecule has 0 aromatic rings. The van der Waals surface area contributed by atoms with Crippen molar-refractivity contribution in [1.82, 2.24) is 0 Å². The molecule has 0 aliphatic carbocycles. The standard InChI is InChI=1S/Ag.3Cr.12O.V/q+1;;;;;;;;;;6*-1;. The van der Waals surface area contributed by atoms with Crippen molar-refractivity contribution in [3.8, 4) is 0 Å². The van der Waals surface area contributed by atoms with Crippen LogP contribution in [0.4, 0.5) is 0 Å². The van der Waals surface area contributed by atoms with Crippen LogP contribution in [0.5, 0.6) is 0 Å². The van der Waals surface area contributed by atoms with E-state index in [0.29, 0.717) is 0 Å². The van der Waals surface area contributed by atoms with E-state index in [1.54, 1.807) is 0 Å². The minimum Gasteiger partial charge on any atom is 0 e. The van der Waals surface area contributed by atoms with Crippen molar-refractivity contribution >= 4 is 0 Å². The second-order valence-corrected chi connectivity index (χ2v) is 5.05. The Kier molecular flexibility index (Phi) is 22.9. The van der Waals surface area contributed by atoms with Gasteiger partial charge in [-0.3, -0.25) is 0 Å². The molecule has 0 amide bonds. The first kappa shape index (κ1) is 31.1. The van der Waals surface area contributed by atoms with E-state index in [1.165, 1.54) is 0 Å². The molecule has 17 heavy (non-hydrogen) atoms. The van der Waals surface area contributed by atoms with E-state index in [0.717, 1.165) is 0 Å². The third kappa shape index (κ3) is 1910. The molecule has 111 valence electrons. The van der Waals surface area contributed by atoms with E-state index >= 15 is 0 Å². The van der Waals surface area contributed by atoms with Gasteiger partial charge in [0, 0.05) is 18.6 Å². The van der Waals surface area contributed by atoms with Crippen LogP contribution in [0.2, 0.25) is 0 Å². The zero-order chi connectivity index (χ0) is 13.5. The second kappa shape index (κ2) is 12.5. The number of hydrogen-bond acceptors (Lipinski definition) is 12. The van der Waals surface area contributed by atoms with Crippen LogP contribution in [0.3, 0.4) is 0 Å². The zero-order valence-electron chi connectivity index (χ0n) is 6.87. The van der Waals surface area contributed by atoms with Crippen molar-refractivity contribution < 1.29 is 130 Å². The van der Waals surface area contributed by atoms with Gasteiger partial charge in [-0.1, -0.05) is 0 Å². The normalized spacial score (nSPS) is 10.2. The topological polar surface area (TPSA) is 241 Å². The summed E-state index contributed by atoms with van der Waals surface area (Å²) in [5.41, 5.74) is 0. The Hall–Kier alpha value is 1.48. The fourth-order valence-electron chi connectivity index (χ4n) is 0. The molecule has 0 heterocycles. The Morgan fingerprint density at radius 1 is 0.471 bits per heavy atom. The summed E-state index contributed by atoms with van der Waals surface area (Å²) in [6.45, 7) is 0. The summed E-state index contributed by atoms with van der Waals surface area (Å²) in [5, 5.41) is 0. The summed E-state index contributed by atoms with van der Waals surface area (Å²) in [5.74, 6) is 0. The average Bonchev–Trinajstić information content (AvgIpc) is 1.41. The minimum atomic E-state index is -5.75. The molecule has 0 saturated carbocycles. The van der Waals surface area contributed by atoms with Gasteiger partial charge in [0.15, 0.2) is 0 Å². The van der Waals surface area contributed by atoms with Gasteiger partial charge in [0.05, 0.1) is 0 Å². The van der Waals surface area contributed by atoms with E-state index in [4.69, 9.17) is 47.8 Å². The molecular formula is AgCr3O12V-5. The molecule has 12 nitrogen and oxygen atoms in total. The summed E-state index contributed by atoms with van der Waals surface area (Å²) >= 11 is -17.2. The van der Waals surface area contributed by atoms with Crippen molar-refractivity contribution in [2.75, 3.05) is 0 Å². The molecule has 0 rings (SSSR count). The van der Waals surface area contributed by atoms with Gasteiger partial charge >= 0.3 is 111 Å². The van der Waals surface area contributed by atoms with Crippen LogP contribution < -0.4 is 24.9 Å². The van der Waals surface area contributed by atoms with Crippen LogP contribution in [-0.2, 0) is 105 Å². The van der Waals surface area contributed by atoms with Crippen LogP contribution in [-0.4, -0.2) is 0 Å². The Morgan fingerprint density at radius 3 is 0.471 bits per heavy atom. The van der Waals surface area contributed by atoms with Gasteiger partial charge in [0.1, 0.15) is 0 Å². The largest absolute Gasteiger partial charge is 0 e. The first-order valence-corrected chi connectivity index (χ1v) is 8.25. The van der Waals surface area contributed by atoms with Crippen molar-refractivity contribution in [1.29, 1.82) is 0 Å². The summed E-state index contributed by atoms with van der Waals surface area (Å²) in [6, 6.07) is 0. The molecule has 0 aromatic carbocycles. The Labute approximate surface area is 128 Å². The van der Waals surface area contributed by atoms with E-state index in [-0.39, 0.29) is 40.9 Å². The van der Waals surface area contributed by atoms with E-state index in [1.807, 2.05) is 0 Å². The summed E-state index contributed by atoms with van der Waals surface area (Å²) < 4.78 is 103. The van der Waals surface area contributed by atoms with Crippen LogP contribution in [0.15, 0.2) is 0 Å². The molecule has 1 radical (unpaired) electrons. The fourth-order valence-corrected chi connectivity index (χ4v) is 0. The molecule has 0 spiro atoms. The summed E-state index contributed by atoms with van der Waals surface area (Å²) in [7, 11) is 0. The molecule has 0 aromatic heterocycles. The second-order valence-electron chi connectivity index (χ2n) is 1.22. The van der Waals surface area contributed by atoms with Gasteiger partial charge in [0.2, 0.25) is 0 Å². The fraction of sp³-hybridized carbons (Fsp3) is 0. The number of rotatable bonds is 0. The van der Waals surface area contributed by atoms with Crippen LogP contribution in [0.1, 0.15) is 0 Å². The Bertz CT molecular complexity index is 343. The molecule has 0 fully saturated rings. The number of hydrogen-bond donors (Lipinski definition) is 0. The third-order valence-corrected chi connectivity index (χ3v) is 0.